The maximum atomic E-state index is 12.6. The minimum absolute atomic E-state index is 0.0946. The van der Waals surface area contributed by atoms with Crippen LogP contribution in [0.1, 0.15) is 23.3 Å². The minimum atomic E-state index is 0.0946. The third-order valence-corrected chi connectivity index (χ3v) is 4.12. The van der Waals surface area contributed by atoms with Crippen molar-refractivity contribution in [3.8, 4) is 11.3 Å². The number of hydrogen-bond acceptors (Lipinski definition) is 2. The molecule has 0 spiro atoms. The van der Waals surface area contributed by atoms with Gasteiger partial charge >= 0.3 is 0 Å². The van der Waals surface area contributed by atoms with Crippen molar-refractivity contribution in [3.63, 3.8) is 0 Å². The Balaban J connectivity index is 1.75. The standard InChI is InChI=1S/C17H21N3O/c1-18-14-8-5-11-20(12-14)17(21)16-10-9-15(19-16)13-6-3-2-4-7-13/h2-4,6-7,9-10,14,18-19H,5,8,11-12H2,1H3. The minimum Gasteiger partial charge on any atom is -0.351 e. The highest BCUT2D eigenvalue weighted by Gasteiger charge is 2.24. The number of nitrogens with zero attached hydrogens (tertiary/aromatic N) is 1. The molecule has 1 aliphatic rings. The molecule has 1 fully saturated rings. The van der Waals surface area contributed by atoms with Crippen LogP contribution in [0.15, 0.2) is 42.5 Å². The lowest BCUT2D eigenvalue weighted by atomic mass is 10.1. The van der Waals surface area contributed by atoms with Crippen molar-refractivity contribution in [2.45, 2.75) is 18.9 Å². The van der Waals surface area contributed by atoms with E-state index in [-0.39, 0.29) is 5.91 Å². The van der Waals surface area contributed by atoms with E-state index in [1.54, 1.807) is 0 Å². The molecule has 3 rings (SSSR count). The molecule has 4 nitrogen and oxygen atoms in total. The van der Waals surface area contributed by atoms with Crippen LogP contribution >= 0.6 is 0 Å². The predicted molar refractivity (Wildman–Crippen MR) is 84.2 cm³/mol. The van der Waals surface area contributed by atoms with Gasteiger partial charge in [0.2, 0.25) is 0 Å². The summed E-state index contributed by atoms with van der Waals surface area (Å²) >= 11 is 0. The van der Waals surface area contributed by atoms with Gasteiger partial charge in [-0.2, -0.15) is 0 Å². The number of likely N-dealkylation sites (N-methyl/N-ethyl adjacent to an activating group) is 1. The summed E-state index contributed by atoms with van der Waals surface area (Å²) in [5.74, 6) is 0.0946. The number of aromatic amines is 1. The van der Waals surface area contributed by atoms with Crippen molar-refractivity contribution in [1.82, 2.24) is 15.2 Å². The molecule has 0 saturated carbocycles. The Morgan fingerprint density at radius 1 is 1.24 bits per heavy atom. The Kier molecular flexibility index (Phi) is 4.06. The third-order valence-electron chi connectivity index (χ3n) is 4.12. The highest BCUT2D eigenvalue weighted by Crippen LogP contribution is 2.20. The molecule has 2 N–H and O–H groups in total. The van der Waals surface area contributed by atoms with E-state index in [1.807, 2.05) is 54.4 Å². The van der Waals surface area contributed by atoms with Gasteiger partial charge in [-0.1, -0.05) is 30.3 Å². The number of carbonyl (C=O) groups excluding carboxylic acids is 1. The number of likely N-dealkylation sites (tertiary alicyclic amines) is 1. The lowest BCUT2D eigenvalue weighted by molar-refractivity contribution is 0.0693. The van der Waals surface area contributed by atoms with Crippen LogP contribution in [0.2, 0.25) is 0 Å². The summed E-state index contributed by atoms with van der Waals surface area (Å²) in [6, 6.07) is 14.3. The Morgan fingerprint density at radius 2 is 2.05 bits per heavy atom. The molecule has 110 valence electrons. The molecule has 21 heavy (non-hydrogen) atoms. The van der Waals surface area contributed by atoms with Crippen LogP contribution in [-0.4, -0.2) is 42.0 Å². The van der Waals surface area contributed by atoms with Gasteiger partial charge in [-0.25, -0.2) is 0 Å². The number of rotatable bonds is 3. The number of H-pyrrole nitrogens is 1. The highest BCUT2D eigenvalue weighted by molar-refractivity contribution is 5.93. The van der Waals surface area contributed by atoms with E-state index in [2.05, 4.69) is 10.3 Å². The Morgan fingerprint density at radius 3 is 2.81 bits per heavy atom. The number of piperidine rings is 1. The molecule has 0 radical (unpaired) electrons. The number of nitrogens with one attached hydrogen (secondary N) is 2. The Bertz CT molecular complexity index is 606. The second kappa shape index (κ2) is 6.14. The highest BCUT2D eigenvalue weighted by atomic mass is 16.2. The second-order valence-electron chi connectivity index (χ2n) is 5.53. The van der Waals surface area contributed by atoms with Crippen LogP contribution in [-0.2, 0) is 0 Å². The van der Waals surface area contributed by atoms with Gasteiger partial charge in [0.25, 0.3) is 5.91 Å². The summed E-state index contributed by atoms with van der Waals surface area (Å²) in [4.78, 5) is 17.8. The van der Waals surface area contributed by atoms with Crippen molar-refractivity contribution in [3.05, 3.63) is 48.2 Å². The lowest BCUT2D eigenvalue weighted by Gasteiger charge is -2.32. The predicted octanol–water partition coefficient (Wildman–Crippen LogP) is 2.51. The number of amides is 1. The molecular formula is C17H21N3O. The maximum Gasteiger partial charge on any atom is 0.270 e. The first-order valence-electron chi connectivity index (χ1n) is 7.49. The molecule has 2 aromatic rings. The molecule has 4 heteroatoms. The molecule has 2 heterocycles. The first-order valence-corrected chi connectivity index (χ1v) is 7.49. The third kappa shape index (κ3) is 3.00. The summed E-state index contributed by atoms with van der Waals surface area (Å²) in [7, 11) is 1.96. The number of hydrogen-bond donors (Lipinski definition) is 2. The van der Waals surface area contributed by atoms with Crippen LogP contribution in [0.3, 0.4) is 0 Å². The monoisotopic (exact) mass is 283 g/mol. The van der Waals surface area contributed by atoms with Crippen molar-refractivity contribution < 1.29 is 4.79 Å². The largest absolute Gasteiger partial charge is 0.351 e. The van der Waals surface area contributed by atoms with E-state index in [4.69, 9.17) is 0 Å². The van der Waals surface area contributed by atoms with Gasteiger partial charge in [0, 0.05) is 24.8 Å². The topological polar surface area (TPSA) is 48.1 Å². The van der Waals surface area contributed by atoms with Gasteiger partial charge < -0.3 is 15.2 Å². The number of benzene rings is 1. The van der Waals surface area contributed by atoms with Crippen LogP contribution in [0, 0.1) is 0 Å². The second-order valence-corrected chi connectivity index (χ2v) is 5.53. The summed E-state index contributed by atoms with van der Waals surface area (Å²) in [6.45, 7) is 1.63. The summed E-state index contributed by atoms with van der Waals surface area (Å²) < 4.78 is 0. The Labute approximate surface area is 125 Å². The van der Waals surface area contributed by atoms with E-state index in [0.29, 0.717) is 11.7 Å². The smallest absolute Gasteiger partial charge is 0.270 e. The van der Waals surface area contributed by atoms with E-state index in [9.17, 15) is 4.79 Å². The normalized spacial score (nSPS) is 18.7. The van der Waals surface area contributed by atoms with E-state index >= 15 is 0 Å². The zero-order chi connectivity index (χ0) is 14.7. The molecule has 1 unspecified atom stereocenters. The molecule has 1 aromatic heterocycles. The first kappa shape index (κ1) is 13.9. The van der Waals surface area contributed by atoms with Gasteiger partial charge in [-0.15, -0.1) is 0 Å². The van der Waals surface area contributed by atoms with Crippen molar-refractivity contribution in [2.24, 2.45) is 0 Å². The molecule has 1 aliphatic heterocycles. The first-order chi connectivity index (χ1) is 10.3. The Hall–Kier alpha value is -2.07. The summed E-state index contributed by atoms with van der Waals surface area (Å²) in [5, 5.41) is 3.27. The van der Waals surface area contributed by atoms with Crippen LogP contribution < -0.4 is 5.32 Å². The van der Waals surface area contributed by atoms with E-state index in [1.165, 1.54) is 0 Å². The van der Waals surface area contributed by atoms with Gasteiger partial charge in [-0.3, -0.25) is 4.79 Å². The van der Waals surface area contributed by atoms with Crippen molar-refractivity contribution in [2.75, 3.05) is 20.1 Å². The molecule has 1 aromatic carbocycles. The number of carbonyl (C=O) groups is 1. The average Bonchev–Trinajstić information content (AvgIpc) is 3.05. The molecule has 0 bridgehead atoms. The van der Waals surface area contributed by atoms with Crippen LogP contribution in [0.4, 0.5) is 0 Å². The van der Waals surface area contributed by atoms with E-state index in [0.717, 1.165) is 37.2 Å². The quantitative estimate of drug-likeness (QED) is 0.909. The van der Waals surface area contributed by atoms with Crippen LogP contribution in [0.25, 0.3) is 11.3 Å². The van der Waals surface area contributed by atoms with Crippen LogP contribution in [0.5, 0.6) is 0 Å². The van der Waals surface area contributed by atoms with Crippen molar-refractivity contribution >= 4 is 5.91 Å². The maximum absolute atomic E-state index is 12.6. The lowest BCUT2D eigenvalue weighted by Crippen LogP contribution is -2.47. The zero-order valence-electron chi connectivity index (χ0n) is 12.3. The fourth-order valence-corrected chi connectivity index (χ4v) is 2.87. The summed E-state index contributed by atoms with van der Waals surface area (Å²) in [6.07, 6.45) is 2.20. The molecule has 1 saturated heterocycles. The van der Waals surface area contributed by atoms with Gasteiger partial charge in [0.15, 0.2) is 0 Å². The zero-order valence-corrected chi connectivity index (χ0v) is 12.3. The SMILES string of the molecule is CNC1CCCN(C(=O)c2ccc(-c3ccccc3)[nH]2)C1. The van der Waals surface area contributed by atoms with Gasteiger partial charge in [0.05, 0.1) is 0 Å². The molecule has 0 aliphatic carbocycles. The van der Waals surface area contributed by atoms with Gasteiger partial charge in [-0.05, 0) is 37.6 Å². The van der Waals surface area contributed by atoms with E-state index < -0.39 is 0 Å². The molecule has 1 atom stereocenters. The molecule has 1 amide bonds. The van der Waals surface area contributed by atoms with Gasteiger partial charge in [0.1, 0.15) is 5.69 Å². The number of aromatic nitrogens is 1. The fourth-order valence-electron chi connectivity index (χ4n) is 2.87. The van der Waals surface area contributed by atoms with Crippen molar-refractivity contribution in [1.29, 1.82) is 0 Å². The molecular weight excluding hydrogens is 262 g/mol. The summed E-state index contributed by atoms with van der Waals surface area (Å²) in [5.41, 5.74) is 2.76. The fraction of sp³-hybridized carbons (Fsp3) is 0.353. The average molecular weight is 283 g/mol.